The summed E-state index contributed by atoms with van der Waals surface area (Å²) in [4.78, 5) is 24.5. The van der Waals surface area contributed by atoms with Gasteiger partial charge in [-0.1, -0.05) is 24.3 Å². The third kappa shape index (κ3) is 1.92. The van der Waals surface area contributed by atoms with Crippen molar-refractivity contribution in [1.29, 1.82) is 0 Å². The Morgan fingerprint density at radius 2 is 1.83 bits per heavy atom. The van der Waals surface area contributed by atoms with Crippen LogP contribution in [0.4, 0.5) is 5.69 Å². The first-order valence-electron chi connectivity index (χ1n) is 7.91. The normalized spacial score (nSPS) is 32.0. The van der Waals surface area contributed by atoms with Gasteiger partial charge in [0.05, 0.1) is 18.7 Å². The summed E-state index contributed by atoms with van der Waals surface area (Å²) in [5.74, 6) is -2.17. The summed E-state index contributed by atoms with van der Waals surface area (Å²) in [5.41, 5.74) is 0.557. The summed E-state index contributed by atoms with van der Waals surface area (Å²) in [6.45, 7) is 0. The number of amides is 1. The van der Waals surface area contributed by atoms with Crippen LogP contribution in [0.5, 0.6) is 5.75 Å². The van der Waals surface area contributed by atoms with Crippen molar-refractivity contribution in [3.05, 3.63) is 36.4 Å². The van der Waals surface area contributed by atoms with E-state index in [-0.39, 0.29) is 23.2 Å². The van der Waals surface area contributed by atoms with Gasteiger partial charge in [0.25, 0.3) is 0 Å². The number of aliphatic carboxylic acids is 1. The van der Waals surface area contributed by atoms with Crippen molar-refractivity contribution in [1.82, 2.24) is 0 Å². The lowest BCUT2D eigenvalue weighted by Crippen LogP contribution is -2.42. The van der Waals surface area contributed by atoms with E-state index in [0.717, 1.165) is 12.8 Å². The van der Waals surface area contributed by atoms with Crippen molar-refractivity contribution in [2.75, 3.05) is 12.4 Å². The molecule has 0 radical (unpaired) electrons. The Labute approximate surface area is 134 Å². The molecule has 120 valence electrons. The van der Waals surface area contributed by atoms with Gasteiger partial charge in [-0.15, -0.1) is 0 Å². The van der Waals surface area contributed by atoms with Gasteiger partial charge in [-0.25, -0.2) is 0 Å². The lowest BCUT2D eigenvalue weighted by Gasteiger charge is -2.27. The van der Waals surface area contributed by atoms with Gasteiger partial charge in [0.15, 0.2) is 0 Å². The molecule has 0 heterocycles. The third-order valence-corrected chi connectivity index (χ3v) is 5.78. The summed E-state index contributed by atoms with van der Waals surface area (Å²) in [7, 11) is 1.54. The van der Waals surface area contributed by atoms with Gasteiger partial charge in [-0.3, -0.25) is 4.79 Å². The second-order valence-corrected chi connectivity index (χ2v) is 6.73. The van der Waals surface area contributed by atoms with Crippen molar-refractivity contribution >= 4 is 17.6 Å². The SMILES string of the molecule is COc1ccccc1NC(=O)[C@@H]1[C@@H](C(=O)[O-])[C@@H]2C=C[C@H]1C21CC1. The highest BCUT2D eigenvalue weighted by atomic mass is 16.5. The molecule has 2 saturated carbocycles. The minimum atomic E-state index is -1.12. The number of methoxy groups -OCH3 is 1. The standard InChI is InChI=1S/C18H19NO4/c1-23-13-5-3-2-4-12(13)19-16(20)14-10-6-7-11(15(14)17(21)22)18(10)8-9-18/h2-7,10-11,14-15H,8-9H2,1H3,(H,19,20)(H,21,22)/p-1/t10-,11+,14+,15+/m1/s1. The number of ether oxygens (including phenoxy) is 1. The van der Waals surface area contributed by atoms with E-state index in [2.05, 4.69) is 5.32 Å². The molecule has 1 aromatic carbocycles. The molecule has 0 unspecified atom stereocenters. The van der Waals surface area contributed by atoms with E-state index in [0.29, 0.717) is 11.4 Å². The fourth-order valence-corrected chi connectivity index (χ4v) is 4.64. The van der Waals surface area contributed by atoms with Crippen molar-refractivity contribution in [3.63, 3.8) is 0 Å². The van der Waals surface area contributed by atoms with Crippen LogP contribution in [0.15, 0.2) is 36.4 Å². The van der Waals surface area contributed by atoms with Gasteiger partial charge in [0.2, 0.25) is 5.91 Å². The maximum atomic E-state index is 12.8. The molecule has 1 amide bonds. The molecule has 5 heteroatoms. The highest BCUT2D eigenvalue weighted by Gasteiger charge is 2.68. The predicted molar refractivity (Wildman–Crippen MR) is 81.4 cm³/mol. The molecular formula is C18H18NO4-. The maximum absolute atomic E-state index is 12.8. The summed E-state index contributed by atoms with van der Waals surface area (Å²) in [5, 5.41) is 14.5. The van der Waals surface area contributed by atoms with E-state index in [4.69, 9.17) is 4.74 Å². The summed E-state index contributed by atoms with van der Waals surface area (Å²) >= 11 is 0. The average molecular weight is 312 g/mol. The van der Waals surface area contributed by atoms with Crippen LogP contribution < -0.4 is 15.2 Å². The van der Waals surface area contributed by atoms with Gasteiger partial charge in [0, 0.05) is 11.9 Å². The fourth-order valence-electron chi connectivity index (χ4n) is 4.64. The molecule has 0 saturated heterocycles. The topological polar surface area (TPSA) is 78.5 Å². The number of hydrogen-bond acceptors (Lipinski definition) is 4. The van der Waals surface area contributed by atoms with Crippen LogP contribution >= 0.6 is 0 Å². The highest BCUT2D eigenvalue weighted by molar-refractivity contribution is 5.97. The van der Waals surface area contributed by atoms with Crippen LogP contribution in [0.2, 0.25) is 0 Å². The van der Waals surface area contributed by atoms with Crippen LogP contribution in [0, 0.1) is 29.1 Å². The molecule has 1 spiro atoms. The Balaban J connectivity index is 1.63. The van der Waals surface area contributed by atoms with Gasteiger partial charge in [-0.05, 0) is 42.2 Å². The van der Waals surface area contributed by atoms with Crippen LogP contribution in [0.25, 0.3) is 0 Å². The molecule has 1 N–H and O–H groups in total. The first kappa shape index (κ1) is 14.3. The van der Waals surface area contributed by atoms with Crippen molar-refractivity contribution < 1.29 is 19.4 Å². The number of allylic oxidation sites excluding steroid dienone is 2. The smallest absolute Gasteiger partial charge is 0.228 e. The Bertz CT molecular complexity index is 707. The summed E-state index contributed by atoms with van der Waals surface area (Å²) in [6.07, 6.45) is 6.00. The largest absolute Gasteiger partial charge is 0.550 e. The number of carboxylic acid groups (broad SMARTS) is 1. The van der Waals surface area contributed by atoms with Crippen molar-refractivity contribution in [3.8, 4) is 5.75 Å². The molecule has 2 fully saturated rings. The fraction of sp³-hybridized carbons (Fsp3) is 0.444. The lowest BCUT2D eigenvalue weighted by molar-refractivity contribution is -0.313. The van der Waals surface area contributed by atoms with Gasteiger partial charge < -0.3 is 20.0 Å². The zero-order chi connectivity index (χ0) is 16.2. The number of carboxylic acids is 1. The predicted octanol–water partition coefficient (Wildman–Crippen LogP) is 1.21. The molecule has 3 aliphatic rings. The maximum Gasteiger partial charge on any atom is 0.228 e. The molecule has 3 aliphatic carbocycles. The quantitative estimate of drug-likeness (QED) is 0.848. The molecule has 4 rings (SSSR count). The zero-order valence-corrected chi connectivity index (χ0v) is 12.8. The number of benzene rings is 1. The second kappa shape index (κ2) is 4.85. The Morgan fingerprint density at radius 1 is 1.17 bits per heavy atom. The number of nitrogens with one attached hydrogen (secondary N) is 1. The van der Waals surface area contributed by atoms with E-state index in [1.807, 2.05) is 18.2 Å². The van der Waals surface area contributed by atoms with Crippen molar-refractivity contribution in [2.24, 2.45) is 29.1 Å². The van der Waals surface area contributed by atoms with Gasteiger partial charge in [0.1, 0.15) is 5.75 Å². The summed E-state index contributed by atoms with van der Waals surface area (Å²) in [6, 6.07) is 7.13. The third-order valence-electron chi connectivity index (χ3n) is 5.78. The van der Waals surface area contributed by atoms with E-state index in [1.165, 1.54) is 7.11 Å². The Morgan fingerprint density at radius 3 is 2.43 bits per heavy atom. The molecule has 1 aromatic rings. The number of carbonyl (C=O) groups excluding carboxylic acids is 2. The number of rotatable bonds is 4. The van der Waals surface area contributed by atoms with E-state index in [1.54, 1.807) is 18.2 Å². The lowest BCUT2D eigenvalue weighted by atomic mass is 9.82. The van der Waals surface area contributed by atoms with E-state index < -0.39 is 17.8 Å². The monoisotopic (exact) mass is 312 g/mol. The average Bonchev–Trinajstić information content (AvgIpc) is 3.21. The van der Waals surface area contributed by atoms with Gasteiger partial charge >= 0.3 is 0 Å². The minimum Gasteiger partial charge on any atom is -0.550 e. The van der Waals surface area contributed by atoms with E-state index >= 15 is 0 Å². The van der Waals surface area contributed by atoms with Crippen LogP contribution in [-0.2, 0) is 9.59 Å². The van der Waals surface area contributed by atoms with Crippen LogP contribution in [-0.4, -0.2) is 19.0 Å². The summed E-state index contributed by atoms with van der Waals surface area (Å²) < 4.78 is 5.24. The molecule has 0 aromatic heterocycles. The molecule has 2 bridgehead atoms. The van der Waals surface area contributed by atoms with E-state index in [9.17, 15) is 14.7 Å². The molecule has 0 aliphatic heterocycles. The molecule has 4 atom stereocenters. The Hall–Kier alpha value is -2.30. The highest BCUT2D eigenvalue weighted by Crippen LogP contribution is 2.71. The first-order chi connectivity index (χ1) is 11.1. The van der Waals surface area contributed by atoms with Gasteiger partial charge in [-0.2, -0.15) is 0 Å². The number of hydrogen-bond donors (Lipinski definition) is 1. The number of carbonyl (C=O) groups is 2. The number of para-hydroxylation sites is 2. The number of anilines is 1. The first-order valence-corrected chi connectivity index (χ1v) is 7.91. The molecule has 23 heavy (non-hydrogen) atoms. The zero-order valence-electron chi connectivity index (χ0n) is 12.8. The minimum absolute atomic E-state index is 0.00473. The molecule has 5 nitrogen and oxygen atoms in total. The van der Waals surface area contributed by atoms with Crippen LogP contribution in [0.3, 0.4) is 0 Å². The molecular weight excluding hydrogens is 294 g/mol. The second-order valence-electron chi connectivity index (χ2n) is 6.73. The van der Waals surface area contributed by atoms with Crippen LogP contribution in [0.1, 0.15) is 12.8 Å². The van der Waals surface area contributed by atoms with Crippen molar-refractivity contribution in [2.45, 2.75) is 12.8 Å². The Kier molecular flexibility index (Phi) is 3.01.